The molecule has 124 valence electrons. The van der Waals surface area contributed by atoms with Gasteiger partial charge in [0, 0.05) is 18.6 Å². The molecule has 1 fully saturated rings. The second-order valence-electron chi connectivity index (χ2n) is 7.77. The number of hydrogen-bond acceptors (Lipinski definition) is 3. The van der Waals surface area contributed by atoms with Gasteiger partial charge >= 0.3 is 6.09 Å². The SMILES string of the molecule is CC(C)C(CNC(=O)OC(C)(C)C)NC1CCCCC1C. The van der Waals surface area contributed by atoms with Gasteiger partial charge in [-0.1, -0.05) is 33.6 Å². The van der Waals surface area contributed by atoms with E-state index in [0.717, 1.165) is 5.92 Å². The Balaban J connectivity index is 2.44. The summed E-state index contributed by atoms with van der Waals surface area (Å²) in [7, 11) is 0. The number of carbonyl (C=O) groups excluding carboxylic acids is 1. The van der Waals surface area contributed by atoms with Gasteiger partial charge in [0.05, 0.1) is 0 Å². The Kier molecular flexibility index (Phi) is 6.98. The number of alkyl carbamates (subject to hydrolysis) is 1. The van der Waals surface area contributed by atoms with Crippen LogP contribution in [0, 0.1) is 11.8 Å². The summed E-state index contributed by atoms with van der Waals surface area (Å²) < 4.78 is 5.30. The molecule has 1 aliphatic carbocycles. The molecule has 0 aromatic heterocycles. The van der Waals surface area contributed by atoms with Crippen molar-refractivity contribution in [2.24, 2.45) is 11.8 Å². The minimum atomic E-state index is -0.442. The van der Waals surface area contributed by atoms with Crippen LogP contribution in [-0.2, 0) is 4.74 Å². The summed E-state index contributed by atoms with van der Waals surface area (Å²) in [4.78, 5) is 11.8. The summed E-state index contributed by atoms with van der Waals surface area (Å²) in [5.74, 6) is 1.20. The van der Waals surface area contributed by atoms with Gasteiger partial charge < -0.3 is 15.4 Å². The molecule has 3 unspecified atom stereocenters. The van der Waals surface area contributed by atoms with Gasteiger partial charge in [0.25, 0.3) is 0 Å². The molecule has 4 nitrogen and oxygen atoms in total. The zero-order valence-electron chi connectivity index (χ0n) is 14.7. The predicted octanol–water partition coefficient (Wildman–Crippen LogP) is 3.70. The Morgan fingerprint density at radius 1 is 1.24 bits per heavy atom. The van der Waals surface area contributed by atoms with Gasteiger partial charge in [0.15, 0.2) is 0 Å². The Morgan fingerprint density at radius 3 is 2.38 bits per heavy atom. The van der Waals surface area contributed by atoms with Crippen LogP contribution < -0.4 is 10.6 Å². The van der Waals surface area contributed by atoms with Crippen molar-refractivity contribution < 1.29 is 9.53 Å². The summed E-state index contributed by atoms with van der Waals surface area (Å²) in [6, 6.07) is 0.870. The Bertz CT molecular complexity index is 323. The molecule has 1 amide bonds. The van der Waals surface area contributed by atoms with Crippen LogP contribution in [0.2, 0.25) is 0 Å². The minimum Gasteiger partial charge on any atom is -0.444 e. The van der Waals surface area contributed by atoms with Crippen molar-refractivity contribution in [1.82, 2.24) is 10.6 Å². The van der Waals surface area contributed by atoms with Crippen LogP contribution in [0.4, 0.5) is 4.79 Å². The molecule has 21 heavy (non-hydrogen) atoms. The van der Waals surface area contributed by atoms with Crippen molar-refractivity contribution in [3.63, 3.8) is 0 Å². The second-order valence-corrected chi connectivity index (χ2v) is 7.77. The van der Waals surface area contributed by atoms with Crippen LogP contribution in [0.3, 0.4) is 0 Å². The highest BCUT2D eigenvalue weighted by Crippen LogP contribution is 2.24. The van der Waals surface area contributed by atoms with E-state index in [2.05, 4.69) is 31.4 Å². The third-order valence-electron chi connectivity index (χ3n) is 4.21. The van der Waals surface area contributed by atoms with Crippen LogP contribution in [-0.4, -0.2) is 30.3 Å². The fourth-order valence-electron chi connectivity index (χ4n) is 2.83. The zero-order chi connectivity index (χ0) is 16.0. The molecule has 0 aliphatic heterocycles. The first kappa shape index (κ1) is 18.3. The molecule has 0 saturated heterocycles. The molecular weight excluding hydrogens is 264 g/mol. The third-order valence-corrected chi connectivity index (χ3v) is 4.21. The highest BCUT2D eigenvalue weighted by atomic mass is 16.6. The van der Waals surface area contributed by atoms with E-state index < -0.39 is 5.60 Å². The maximum atomic E-state index is 11.8. The van der Waals surface area contributed by atoms with Crippen LogP contribution >= 0.6 is 0 Å². The minimum absolute atomic E-state index is 0.295. The van der Waals surface area contributed by atoms with Crippen molar-refractivity contribution in [3.8, 4) is 0 Å². The average Bonchev–Trinajstić information content (AvgIpc) is 2.34. The molecule has 0 aromatic rings. The Labute approximate surface area is 130 Å². The van der Waals surface area contributed by atoms with Gasteiger partial charge in [0.2, 0.25) is 0 Å². The van der Waals surface area contributed by atoms with Crippen molar-refractivity contribution in [2.45, 2.75) is 84.9 Å². The van der Waals surface area contributed by atoms with Crippen molar-refractivity contribution in [1.29, 1.82) is 0 Å². The van der Waals surface area contributed by atoms with Gasteiger partial charge in [-0.3, -0.25) is 0 Å². The van der Waals surface area contributed by atoms with E-state index in [4.69, 9.17) is 4.74 Å². The molecule has 3 atom stereocenters. The fraction of sp³-hybridized carbons (Fsp3) is 0.941. The molecule has 0 spiro atoms. The highest BCUT2D eigenvalue weighted by molar-refractivity contribution is 5.67. The third kappa shape index (κ3) is 7.16. The lowest BCUT2D eigenvalue weighted by Gasteiger charge is -2.35. The molecule has 0 aromatic carbocycles. The lowest BCUT2D eigenvalue weighted by molar-refractivity contribution is 0.0516. The van der Waals surface area contributed by atoms with E-state index in [1.807, 2.05) is 20.8 Å². The van der Waals surface area contributed by atoms with E-state index in [1.54, 1.807) is 0 Å². The number of carbonyl (C=O) groups is 1. The van der Waals surface area contributed by atoms with Crippen LogP contribution in [0.1, 0.15) is 67.2 Å². The van der Waals surface area contributed by atoms with E-state index in [-0.39, 0.29) is 6.09 Å². The first-order valence-electron chi connectivity index (χ1n) is 8.42. The molecule has 4 heteroatoms. The second kappa shape index (κ2) is 8.02. The zero-order valence-corrected chi connectivity index (χ0v) is 14.7. The largest absolute Gasteiger partial charge is 0.444 e. The molecule has 0 heterocycles. The van der Waals surface area contributed by atoms with Gasteiger partial charge in [-0.05, 0) is 45.4 Å². The fourth-order valence-corrected chi connectivity index (χ4v) is 2.83. The monoisotopic (exact) mass is 298 g/mol. The van der Waals surface area contributed by atoms with Gasteiger partial charge in [-0.15, -0.1) is 0 Å². The number of nitrogens with one attached hydrogen (secondary N) is 2. The normalized spacial score (nSPS) is 24.7. The summed E-state index contributed by atoms with van der Waals surface area (Å²) in [6.45, 7) is 13.0. The van der Waals surface area contributed by atoms with Crippen molar-refractivity contribution in [2.75, 3.05) is 6.54 Å². The summed E-state index contributed by atoms with van der Waals surface area (Å²) in [5.41, 5.74) is -0.442. The van der Waals surface area contributed by atoms with Crippen molar-refractivity contribution >= 4 is 6.09 Å². The molecule has 1 rings (SSSR count). The molecular formula is C17H34N2O2. The van der Waals surface area contributed by atoms with Crippen molar-refractivity contribution in [3.05, 3.63) is 0 Å². The standard InChI is InChI=1S/C17H34N2O2/c1-12(2)15(11-18-16(20)21-17(4,5)6)19-14-10-8-7-9-13(14)3/h12-15,19H,7-11H2,1-6H3,(H,18,20). The Morgan fingerprint density at radius 2 is 1.86 bits per heavy atom. The predicted molar refractivity (Wildman–Crippen MR) is 87.4 cm³/mol. The molecule has 0 bridgehead atoms. The maximum absolute atomic E-state index is 11.8. The van der Waals surface area contributed by atoms with E-state index >= 15 is 0 Å². The topological polar surface area (TPSA) is 50.4 Å². The summed E-state index contributed by atoms with van der Waals surface area (Å²) >= 11 is 0. The van der Waals surface area contributed by atoms with Gasteiger partial charge in [-0.25, -0.2) is 4.79 Å². The molecule has 0 radical (unpaired) electrons. The summed E-state index contributed by atoms with van der Waals surface area (Å²) in [6.07, 6.45) is 4.89. The van der Waals surface area contributed by atoms with Crippen LogP contribution in [0.15, 0.2) is 0 Å². The average molecular weight is 298 g/mol. The highest BCUT2D eigenvalue weighted by Gasteiger charge is 2.26. The molecule has 1 aliphatic rings. The molecule has 2 N–H and O–H groups in total. The van der Waals surface area contributed by atoms with E-state index in [9.17, 15) is 4.79 Å². The number of ether oxygens (including phenoxy) is 1. The van der Waals surface area contributed by atoms with E-state index in [0.29, 0.717) is 24.5 Å². The molecule has 1 saturated carbocycles. The van der Waals surface area contributed by atoms with Crippen LogP contribution in [0.25, 0.3) is 0 Å². The Hall–Kier alpha value is -0.770. The quantitative estimate of drug-likeness (QED) is 0.813. The first-order chi connectivity index (χ1) is 9.69. The smallest absolute Gasteiger partial charge is 0.407 e. The number of hydrogen-bond donors (Lipinski definition) is 2. The van der Waals surface area contributed by atoms with Crippen LogP contribution in [0.5, 0.6) is 0 Å². The lowest BCUT2D eigenvalue weighted by atomic mass is 9.85. The lowest BCUT2D eigenvalue weighted by Crippen LogP contribution is -2.51. The summed E-state index contributed by atoms with van der Waals surface area (Å²) in [5, 5.41) is 6.65. The van der Waals surface area contributed by atoms with E-state index in [1.165, 1.54) is 25.7 Å². The van der Waals surface area contributed by atoms with Gasteiger partial charge in [-0.2, -0.15) is 0 Å². The maximum Gasteiger partial charge on any atom is 0.407 e. The first-order valence-corrected chi connectivity index (χ1v) is 8.42. The number of amides is 1. The van der Waals surface area contributed by atoms with Gasteiger partial charge in [0.1, 0.15) is 5.60 Å². The number of rotatable bonds is 5.